The molecule has 0 unspecified atom stereocenters. The lowest BCUT2D eigenvalue weighted by atomic mass is 10.2. The molecule has 4 nitrogen and oxygen atoms in total. The van der Waals surface area contributed by atoms with E-state index in [0.717, 1.165) is 15.8 Å². The molecule has 0 spiro atoms. The fourth-order valence-electron chi connectivity index (χ4n) is 1.52. The topological polar surface area (TPSA) is 48.4 Å². The number of aryl methyl sites for hydroxylation is 1. The Labute approximate surface area is 126 Å². The number of carbonyl (C=O) groups is 1. The van der Waals surface area contributed by atoms with Gasteiger partial charge >= 0.3 is 5.97 Å². The number of aromatic nitrogens is 1. The summed E-state index contributed by atoms with van der Waals surface area (Å²) in [6.07, 6.45) is 0. The number of nitrogens with zero attached hydrogens (tertiary/aromatic N) is 1. The lowest BCUT2D eigenvalue weighted by Crippen LogP contribution is -2.03. The van der Waals surface area contributed by atoms with E-state index in [1.54, 1.807) is 41.3 Å². The van der Waals surface area contributed by atoms with Crippen molar-refractivity contribution in [3.63, 3.8) is 0 Å². The van der Waals surface area contributed by atoms with Gasteiger partial charge in [0.1, 0.15) is 10.1 Å². The minimum absolute atomic E-state index is 0.358. The molecule has 0 fully saturated rings. The van der Waals surface area contributed by atoms with Crippen molar-refractivity contribution in [2.75, 3.05) is 19.5 Å². The average Bonchev–Trinajstić information content (AvgIpc) is 2.88. The molecule has 0 saturated heterocycles. The summed E-state index contributed by atoms with van der Waals surface area (Å²) in [6.45, 7) is 2.54. The monoisotopic (exact) mass is 309 g/mol. The molecule has 0 bridgehead atoms. The van der Waals surface area contributed by atoms with Gasteiger partial charge < -0.3 is 9.47 Å². The van der Waals surface area contributed by atoms with Gasteiger partial charge in [0.15, 0.2) is 0 Å². The number of thiazole rings is 1. The summed E-state index contributed by atoms with van der Waals surface area (Å²) in [7, 11) is 1.36. The van der Waals surface area contributed by atoms with Gasteiger partial charge in [-0.1, -0.05) is 17.8 Å². The molecule has 20 heavy (non-hydrogen) atoms. The minimum atomic E-state index is -0.358. The van der Waals surface area contributed by atoms with E-state index in [-0.39, 0.29) is 5.97 Å². The van der Waals surface area contributed by atoms with Gasteiger partial charge in [0, 0.05) is 16.8 Å². The smallest absolute Gasteiger partial charge is 0.337 e. The van der Waals surface area contributed by atoms with Crippen LogP contribution < -0.4 is 4.74 Å². The van der Waals surface area contributed by atoms with Crippen molar-refractivity contribution in [2.45, 2.75) is 11.3 Å². The van der Waals surface area contributed by atoms with E-state index in [2.05, 4.69) is 9.72 Å². The Bertz CT molecular complexity index is 583. The summed E-state index contributed by atoms with van der Waals surface area (Å²) in [5.41, 5.74) is 1.54. The molecule has 0 N–H and O–H groups in total. The van der Waals surface area contributed by atoms with Crippen molar-refractivity contribution in [1.29, 1.82) is 0 Å². The number of ether oxygens (including phenoxy) is 2. The van der Waals surface area contributed by atoms with Crippen LogP contribution >= 0.6 is 23.1 Å². The molecule has 1 heterocycles. The number of methoxy groups -OCH3 is 1. The minimum Gasteiger partial charge on any atom is -0.493 e. The third-order valence-corrected chi connectivity index (χ3v) is 4.53. The zero-order valence-electron chi connectivity index (χ0n) is 11.3. The van der Waals surface area contributed by atoms with E-state index in [1.807, 2.05) is 18.4 Å². The van der Waals surface area contributed by atoms with Crippen LogP contribution in [0.5, 0.6) is 5.75 Å². The van der Waals surface area contributed by atoms with Crippen molar-refractivity contribution in [2.24, 2.45) is 0 Å². The van der Waals surface area contributed by atoms with Crippen LogP contribution in [0, 0.1) is 6.92 Å². The van der Waals surface area contributed by atoms with Gasteiger partial charge in [-0.3, -0.25) is 0 Å². The maximum Gasteiger partial charge on any atom is 0.337 e. The molecule has 2 aromatic rings. The van der Waals surface area contributed by atoms with Gasteiger partial charge in [-0.25, -0.2) is 9.78 Å². The molecule has 1 aromatic heterocycles. The Morgan fingerprint density at radius 3 is 3.00 bits per heavy atom. The second-order valence-corrected chi connectivity index (χ2v) is 6.17. The third kappa shape index (κ3) is 4.25. The molecular formula is C14H15NO3S2. The van der Waals surface area contributed by atoms with Crippen molar-refractivity contribution in [3.05, 3.63) is 40.9 Å². The van der Waals surface area contributed by atoms with Gasteiger partial charge in [0.2, 0.25) is 0 Å². The number of thioether (sulfide) groups is 1. The van der Waals surface area contributed by atoms with Gasteiger partial charge in [-0.2, -0.15) is 0 Å². The molecule has 0 radical (unpaired) electrons. The van der Waals surface area contributed by atoms with Crippen LogP contribution in [-0.4, -0.2) is 30.4 Å². The lowest BCUT2D eigenvalue weighted by Gasteiger charge is -2.06. The molecule has 6 heteroatoms. The van der Waals surface area contributed by atoms with Crippen LogP contribution in [0.15, 0.2) is 34.0 Å². The molecule has 106 valence electrons. The Morgan fingerprint density at radius 1 is 1.45 bits per heavy atom. The maximum absolute atomic E-state index is 11.4. The Balaban J connectivity index is 1.80. The van der Waals surface area contributed by atoms with Crippen molar-refractivity contribution in [3.8, 4) is 5.75 Å². The Morgan fingerprint density at radius 2 is 2.30 bits per heavy atom. The summed E-state index contributed by atoms with van der Waals surface area (Å²) >= 11 is 3.31. The average molecular weight is 309 g/mol. The SMILES string of the molecule is COC(=O)c1cccc(OCCSc2nc(C)cs2)c1. The summed E-state index contributed by atoms with van der Waals surface area (Å²) in [5, 5.41) is 2.03. The molecular weight excluding hydrogens is 294 g/mol. The lowest BCUT2D eigenvalue weighted by molar-refractivity contribution is 0.0600. The number of benzene rings is 1. The van der Waals surface area contributed by atoms with E-state index in [4.69, 9.17) is 4.74 Å². The van der Waals surface area contributed by atoms with E-state index < -0.39 is 0 Å². The van der Waals surface area contributed by atoms with E-state index in [0.29, 0.717) is 17.9 Å². The van der Waals surface area contributed by atoms with Crippen LogP contribution in [0.3, 0.4) is 0 Å². The van der Waals surface area contributed by atoms with Gasteiger partial charge in [0.05, 0.1) is 19.3 Å². The zero-order valence-corrected chi connectivity index (χ0v) is 12.9. The predicted octanol–water partition coefficient (Wildman–Crippen LogP) is 3.41. The van der Waals surface area contributed by atoms with Crippen molar-refractivity contribution >= 4 is 29.1 Å². The summed E-state index contributed by atoms with van der Waals surface area (Å²) in [5.74, 6) is 1.13. The highest BCUT2D eigenvalue weighted by Crippen LogP contribution is 2.22. The maximum atomic E-state index is 11.4. The second kappa shape index (κ2) is 7.31. The molecule has 1 aromatic carbocycles. The third-order valence-electron chi connectivity index (χ3n) is 2.43. The molecule has 0 aliphatic carbocycles. The zero-order chi connectivity index (χ0) is 14.4. The van der Waals surface area contributed by atoms with E-state index in [1.165, 1.54) is 7.11 Å². The first-order valence-corrected chi connectivity index (χ1v) is 7.91. The van der Waals surface area contributed by atoms with Gasteiger partial charge in [-0.05, 0) is 25.1 Å². The van der Waals surface area contributed by atoms with Crippen LogP contribution in [0.2, 0.25) is 0 Å². The summed E-state index contributed by atoms with van der Waals surface area (Å²) in [6, 6.07) is 6.99. The standard InChI is InChI=1S/C14H15NO3S2/c1-10-9-20-14(15-10)19-7-6-18-12-5-3-4-11(8-12)13(16)17-2/h3-5,8-9H,6-7H2,1-2H3. The van der Waals surface area contributed by atoms with Gasteiger partial charge in [-0.15, -0.1) is 11.3 Å². The van der Waals surface area contributed by atoms with E-state index in [9.17, 15) is 4.79 Å². The normalized spacial score (nSPS) is 10.3. The Hall–Kier alpha value is -1.53. The fourth-order valence-corrected chi connectivity index (χ4v) is 3.25. The van der Waals surface area contributed by atoms with Crippen LogP contribution in [0.4, 0.5) is 0 Å². The number of rotatable bonds is 6. The molecule has 0 aliphatic rings. The highest BCUT2D eigenvalue weighted by molar-refractivity contribution is 8.01. The number of hydrogen-bond donors (Lipinski definition) is 0. The largest absolute Gasteiger partial charge is 0.493 e. The second-order valence-electron chi connectivity index (χ2n) is 3.97. The number of hydrogen-bond acceptors (Lipinski definition) is 6. The van der Waals surface area contributed by atoms with Crippen molar-refractivity contribution < 1.29 is 14.3 Å². The highest BCUT2D eigenvalue weighted by atomic mass is 32.2. The molecule has 0 atom stereocenters. The predicted molar refractivity (Wildman–Crippen MR) is 80.9 cm³/mol. The molecule has 0 amide bonds. The van der Waals surface area contributed by atoms with Crippen LogP contribution in [0.25, 0.3) is 0 Å². The Kier molecular flexibility index (Phi) is 5.43. The van der Waals surface area contributed by atoms with Crippen LogP contribution in [0.1, 0.15) is 16.1 Å². The first-order chi connectivity index (χ1) is 9.69. The number of carbonyl (C=O) groups excluding carboxylic acids is 1. The highest BCUT2D eigenvalue weighted by Gasteiger charge is 2.06. The first-order valence-electron chi connectivity index (χ1n) is 6.05. The molecule has 0 aliphatic heterocycles. The first kappa shape index (κ1) is 14.9. The van der Waals surface area contributed by atoms with Crippen molar-refractivity contribution in [1.82, 2.24) is 4.98 Å². The molecule has 0 saturated carbocycles. The summed E-state index contributed by atoms with van der Waals surface area (Å²) < 4.78 is 11.3. The van der Waals surface area contributed by atoms with Crippen LogP contribution in [-0.2, 0) is 4.74 Å². The van der Waals surface area contributed by atoms with E-state index >= 15 is 0 Å². The summed E-state index contributed by atoms with van der Waals surface area (Å²) in [4.78, 5) is 15.8. The quantitative estimate of drug-likeness (QED) is 0.465. The van der Waals surface area contributed by atoms with Gasteiger partial charge in [0.25, 0.3) is 0 Å². The molecule has 2 rings (SSSR count). The fraction of sp³-hybridized carbons (Fsp3) is 0.286. The number of esters is 1.